The van der Waals surface area contributed by atoms with E-state index in [9.17, 15) is 9.18 Å². The molecular weight excluding hydrogens is 145 g/mol. The summed E-state index contributed by atoms with van der Waals surface area (Å²) >= 11 is 0. The van der Waals surface area contributed by atoms with Gasteiger partial charge in [0.2, 0.25) is 6.41 Å². The normalized spacial score (nSPS) is 13.0. The fourth-order valence-electron chi connectivity index (χ4n) is 0.643. The third-order valence-corrected chi connectivity index (χ3v) is 1.14. The van der Waals surface area contributed by atoms with E-state index in [0.29, 0.717) is 12.8 Å². The lowest BCUT2D eigenvalue weighted by Crippen LogP contribution is -2.10. The average Bonchev–Trinajstić information content (AvgIpc) is 2.00. The molecule has 0 saturated heterocycles. The summed E-state index contributed by atoms with van der Waals surface area (Å²) in [6.45, 7) is 3.49. The van der Waals surface area contributed by atoms with Gasteiger partial charge in [-0.2, -0.15) is 0 Å². The van der Waals surface area contributed by atoms with Gasteiger partial charge in [0, 0.05) is 0 Å². The van der Waals surface area contributed by atoms with Gasteiger partial charge in [-0.1, -0.05) is 13.0 Å². The molecule has 0 aliphatic rings. The highest BCUT2D eigenvalue weighted by atomic mass is 19.1. The minimum absolute atomic E-state index is 0.224. The van der Waals surface area contributed by atoms with Crippen LogP contribution in [0.1, 0.15) is 20.3 Å². The Balaban J connectivity index is 4.26. The van der Waals surface area contributed by atoms with Gasteiger partial charge in [-0.05, 0) is 19.4 Å². The zero-order valence-corrected chi connectivity index (χ0v) is 6.73. The molecule has 0 aromatic heterocycles. The molecule has 2 nitrogen and oxygen atoms in total. The number of rotatable bonds is 4. The standard InChI is InChI=1S/C8H12FNO/c1-3-5-7(9)8(4-2)10-6-11/h4-6H,3H2,1-2H3,(H,10,11)/b7-5+,8-4+. The van der Waals surface area contributed by atoms with E-state index < -0.39 is 0 Å². The van der Waals surface area contributed by atoms with Crippen molar-refractivity contribution in [2.75, 3.05) is 0 Å². The molecule has 0 bridgehead atoms. The third-order valence-electron chi connectivity index (χ3n) is 1.14. The number of carbonyl (C=O) groups is 1. The highest BCUT2D eigenvalue weighted by molar-refractivity contribution is 5.52. The lowest BCUT2D eigenvalue weighted by atomic mass is 10.3. The van der Waals surface area contributed by atoms with Crippen molar-refractivity contribution < 1.29 is 9.18 Å². The van der Waals surface area contributed by atoms with Gasteiger partial charge < -0.3 is 5.32 Å². The number of amides is 1. The van der Waals surface area contributed by atoms with Crippen molar-refractivity contribution in [1.29, 1.82) is 0 Å². The molecule has 0 aromatic rings. The number of carbonyl (C=O) groups excluding carboxylic acids is 1. The first-order valence-electron chi connectivity index (χ1n) is 3.48. The van der Waals surface area contributed by atoms with Crippen molar-refractivity contribution in [2.45, 2.75) is 20.3 Å². The summed E-state index contributed by atoms with van der Waals surface area (Å²) in [6, 6.07) is 0. The monoisotopic (exact) mass is 157 g/mol. The quantitative estimate of drug-likeness (QED) is 0.490. The second kappa shape index (κ2) is 5.65. The van der Waals surface area contributed by atoms with Crippen molar-refractivity contribution in [1.82, 2.24) is 5.32 Å². The van der Waals surface area contributed by atoms with Crippen LogP contribution in [0.3, 0.4) is 0 Å². The Hall–Kier alpha value is -1.12. The van der Waals surface area contributed by atoms with Crippen LogP contribution in [0.15, 0.2) is 23.7 Å². The SMILES string of the molecule is C/C=C(NC=O)\C(F)=C/CC. The molecule has 0 aromatic carbocycles. The Kier molecular flexibility index (Phi) is 5.07. The highest BCUT2D eigenvalue weighted by Crippen LogP contribution is 2.07. The summed E-state index contributed by atoms with van der Waals surface area (Å²) in [5.74, 6) is -0.387. The van der Waals surface area contributed by atoms with Crippen molar-refractivity contribution in [3.8, 4) is 0 Å². The van der Waals surface area contributed by atoms with Crippen LogP contribution in [-0.4, -0.2) is 6.41 Å². The molecule has 0 aliphatic heterocycles. The predicted molar refractivity (Wildman–Crippen MR) is 42.4 cm³/mol. The molecule has 0 saturated carbocycles. The lowest BCUT2D eigenvalue weighted by Gasteiger charge is -2.00. The van der Waals surface area contributed by atoms with Gasteiger partial charge in [0.05, 0.1) is 5.70 Å². The third kappa shape index (κ3) is 3.55. The molecule has 0 rings (SSSR count). The second-order valence-corrected chi connectivity index (χ2v) is 1.92. The van der Waals surface area contributed by atoms with Crippen LogP contribution in [0.5, 0.6) is 0 Å². The maximum atomic E-state index is 12.8. The zero-order valence-electron chi connectivity index (χ0n) is 6.73. The van der Waals surface area contributed by atoms with Crippen molar-refractivity contribution in [2.24, 2.45) is 0 Å². The molecule has 3 heteroatoms. The Morgan fingerprint density at radius 1 is 1.64 bits per heavy atom. The summed E-state index contributed by atoms with van der Waals surface area (Å²) < 4.78 is 12.8. The van der Waals surface area contributed by atoms with Gasteiger partial charge in [-0.15, -0.1) is 0 Å². The van der Waals surface area contributed by atoms with Crippen LogP contribution < -0.4 is 5.32 Å². The van der Waals surface area contributed by atoms with E-state index in [4.69, 9.17) is 0 Å². The summed E-state index contributed by atoms with van der Waals surface area (Å²) in [7, 11) is 0. The molecule has 62 valence electrons. The van der Waals surface area contributed by atoms with Gasteiger partial charge in [-0.25, -0.2) is 4.39 Å². The molecule has 0 atom stereocenters. The van der Waals surface area contributed by atoms with Crippen LogP contribution in [0, 0.1) is 0 Å². The largest absolute Gasteiger partial charge is 0.327 e. The molecule has 0 aliphatic carbocycles. The first-order valence-corrected chi connectivity index (χ1v) is 3.48. The van der Waals surface area contributed by atoms with Crippen LogP contribution in [-0.2, 0) is 4.79 Å². The maximum absolute atomic E-state index is 12.8. The number of hydrogen-bond donors (Lipinski definition) is 1. The zero-order chi connectivity index (χ0) is 8.69. The maximum Gasteiger partial charge on any atom is 0.211 e. The molecule has 1 amide bonds. The van der Waals surface area contributed by atoms with Crippen molar-refractivity contribution in [3.05, 3.63) is 23.7 Å². The van der Waals surface area contributed by atoms with Crippen LogP contribution in [0.25, 0.3) is 0 Å². The number of hydrogen-bond acceptors (Lipinski definition) is 1. The molecule has 1 N–H and O–H groups in total. The molecule has 0 heterocycles. The average molecular weight is 157 g/mol. The van der Waals surface area contributed by atoms with Crippen LogP contribution in [0.4, 0.5) is 4.39 Å². The molecule has 0 fully saturated rings. The minimum atomic E-state index is -0.387. The van der Waals surface area contributed by atoms with E-state index in [1.165, 1.54) is 12.2 Å². The minimum Gasteiger partial charge on any atom is -0.327 e. The lowest BCUT2D eigenvalue weighted by molar-refractivity contribution is -0.108. The predicted octanol–water partition coefficient (Wildman–Crippen LogP) is 1.90. The fraction of sp³-hybridized carbons (Fsp3) is 0.375. The Bertz CT molecular complexity index is 185. The fourth-order valence-corrected chi connectivity index (χ4v) is 0.643. The van der Waals surface area contributed by atoms with E-state index in [1.807, 2.05) is 6.92 Å². The molecular formula is C8H12FNO. The first kappa shape index (κ1) is 9.88. The van der Waals surface area contributed by atoms with Crippen LogP contribution >= 0.6 is 0 Å². The molecule has 0 unspecified atom stereocenters. The van der Waals surface area contributed by atoms with E-state index in [0.717, 1.165) is 0 Å². The summed E-state index contributed by atoms with van der Waals surface area (Å²) in [4.78, 5) is 9.94. The smallest absolute Gasteiger partial charge is 0.211 e. The van der Waals surface area contributed by atoms with E-state index in [1.54, 1.807) is 6.92 Å². The number of halogens is 1. The van der Waals surface area contributed by atoms with Crippen molar-refractivity contribution in [3.63, 3.8) is 0 Å². The van der Waals surface area contributed by atoms with E-state index >= 15 is 0 Å². The Morgan fingerprint density at radius 2 is 2.27 bits per heavy atom. The molecule has 11 heavy (non-hydrogen) atoms. The topological polar surface area (TPSA) is 29.1 Å². The van der Waals surface area contributed by atoms with E-state index in [2.05, 4.69) is 5.32 Å². The highest BCUT2D eigenvalue weighted by Gasteiger charge is 1.99. The van der Waals surface area contributed by atoms with Gasteiger partial charge in [0.1, 0.15) is 5.83 Å². The number of nitrogens with one attached hydrogen (secondary N) is 1. The van der Waals surface area contributed by atoms with Gasteiger partial charge >= 0.3 is 0 Å². The summed E-state index contributed by atoms with van der Waals surface area (Å²) in [5.41, 5.74) is 0.224. The van der Waals surface area contributed by atoms with Crippen LogP contribution in [0.2, 0.25) is 0 Å². The first-order chi connectivity index (χ1) is 5.26. The molecule has 0 spiro atoms. The number of allylic oxidation sites excluding steroid dienone is 3. The Morgan fingerprint density at radius 3 is 2.64 bits per heavy atom. The Labute approximate surface area is 65.8 Å². The van der Waals surface area contributed by atoms with Gasteiger partial charge in [0.25, 0.3) is 0 Å². The summed E-state index contributed by atoms with van der Waals surface area (Å²) in [6.07, 6.45) is 3.99. The van der Waals surface area contributed by atoms with Gasteiger partial charge in [0.15, 0.2) is 0 Å². The van der Waals surface area contributed by atoms with E-state index in [-0.39, 0.29) is 11.5 Å². The second-order valence-electron chi connectivity index (χ2n) is 1.92. The van der Waals surface area contributed by atoms with Crippen molar-refractivity contribution >= 4 is 6.41 Å². The van der Waals surface area contributed by atoms with Gasteiger partial charge in [-0.3, -0.25) is 4.79 Å². The summed E-state index contributed by atoms with van der Waals surface area (Å²) in [5, 5.41) is 2.25. The molecule has 0 radical (unpaired) electrons.